The molecule has 4 aliphatic heterocycles. The van der Waals surface area contributed by atoms with Crippen LogP contribution in [0.1, 0.15) is 45.7 Å². The van der Waals surface area contributed by atoms with Crippen molar-refractivity contribution in [3.63, 3.8) is 0 Å². The highest BCUT2D eigenvalue weighted by Gasteiger charge is 2.58. The van der Waals surface area contributed by atoms with Gasteiger partial charge < -0.3 is 52.5 Å². The number of aliphatic hydroxyl groups is 1. The molecule has 1 N–H and O–H groups in total. The van der Waals surface area contributed by atoms with Crippen molar-refractivity contribution in [3.05, 3.63) is 71.8 Å². The molecular weight excluding hydrogens is 600 g/mol. The minimum atomic E-state index is -1.30. The first-order valence-corrected chi connectivity index (χ1v) is 15.7. The molecular formula is C34H44O12. The van der Waals surface area contributed by atoms with Gasteiger partial charge in [-0.15, -0.1) is 0 Å². The number of rotatable bonds is 11. The second-order valence-corrected chi connectivity index (χ2v) is 12.9. The molecule has 2 aromatic carbocycles. The summed E-state index contributed by atoms with van der Waals surface area (Å²) < 4.78 is 61.7. The van der Waals surface area contributed by atoms with Crippen LogP contribution in [0.25, 0.3) is 0 Å². The second kappa shape index (κ2) is 13.9. The van der Waals surface area contributed by atoms with Crippen LogP contribution in [-0.4, -0.2) is 97.3 Å². The summed E-state index contributed by atoms with van der Waals surface area (Å²) in [6.07, 6.45) is -7.62. The Morgan fingerprint density at radius 1 is 0.674 bits per heavy atom. The molecule has 0 aromatic heterocycles. The van der Waals surface area contributed by atoms with Crippen molar-refractivity contribution < 1.29 is 57.3 Å². The predicted molar refractivity (Wildman–Crippen MR) is 160 cm³/mol. The Bertz CT molecular complexity index is 1290. The van der Waals surface area contributed by atoms with Gasteiger partial charge >= 0.3 is 5.97 Å². The lowest BCUT2D eigenvalue weighted by Crippen LogP contribution is -2.61. The minimum Gasteiger partial charge on any atom is -0.463 e. The summed E-state index contributed by atoms with van der Waals surface area (Å²) >= 11 is 0. The standard InChI is InChI=1S/C34H44O12/c1-20(35)37-18-24-26-28(46-34(4,5)44-26)30(39-17-22-14-10-7-11-15-22)32(42-24)40-19-23-25-27(45-33(2,3)43-25)29(31(36)41-23)38-16-21-12-8-6-9-13-21/h6-15,23-32,36H,16-19H2,1-5H3/t23-,24-,25+,26+,27+,28+,29-,30-,31?,32+/m1/s1. The van der Waals surface area contributed by atoms with Crippen molar-refractivity contribution in [2.45, 2.75) is 121 Å². The molecule has 0 amide bonds. The zero-order chi connectivity index (χ0) is 32.5. The van der Waals surface area contributed by atoms with Crippen LogP contribution in [0.2, 0.25) is 0 Å². The quantitative estimate of drug-likeness (QED) is 0.361. The van der Waals surface area contributed by atoms with E-state index in [1.54, 1.807) is 13.8 Å². The summed E-state index contributed by atoms with van der Waals surface area (Å²) in [4.78, 5) is 11.7. The number of carbonyl (C=O) groups excluding carboxylic acids is 1. The van der Waals surface area contributed by atoms with E-state index in [2.05, 4.69) is 0 Å². The molecule has 12 nitrogen and oxygen atoms in total. The van der Waals surface area contributed by atoms with Gasteiger partial charge in [0, 0.05) is 6.92 Å². The van der Waals surface area contributed by atoms with E-state index >= 15 is 0 Å². The highest BCUT2D eigenvalue weighted by atomic mass is 16.8. The van der Waals surface area contributed by atoms with E-state index < -0.39 is 79.0 Å². The van der Waals surface area contributed by atoms with Crippen LogP contribution in [0.4, 0.5) is 0 Å². The highest BCUT2D eigenvalue weighted by molar-refractivity contribution is 5.65. The number of aliphatic hydroxyl groups excluding tert-OH is 1. The van der Waals surface area contributed by atoms with Crippen LogP contribution in [0.5, 0.6) is 0 Å². The molecule has 0 bridgehead atoms. The number of fused-ring (bicyclic) bond motifs is 2. The van der Waals surface area contributed by atoms with Crippen molar-refractivity contribution in [2.75, 3.05) is 13.2 Å². The molecule has 0 saturated carbocycles. The molecule has 4 aliphatic rings. The fourth-order valence-electron chi connectivity index (χ4n) is 6.37. The van der Waals surface area contributed by atoms with E-state index in [4.69, 9.17) is 47.4 Å². The van der Waals surface area contributed by atoms with Crippen LogP contribution in [0.3, 0.4) is 0 Å². The maximum absolute atomic E-state index is 11.7. The molecule has 2 aromatic rings. The summed E-state index contributed by atoms with van der Waals surface area (Å²) in [5.41, 5.74) is 1.91. The van der Waals surface area contributed by atoms with Gasteiger partial charge in [-0.05, 0) is 38.8 Å². The van der Waals surface area contributed by atoms with Gasteiger partial charge in [-0.3, -0.25) is 4.79 Å². The van der Waals surface area contributed by atoms with Gasteiger partial charge in [0.1, 0.15) is 55.4 Å². The van der Waals surface area contributed by atoms with Crippen molar-refractivity contribution in [1.29, 1.82) is 0 Å². The molecule has 0 radical (unpaired) electrons. The lowest BCUT2D eigenvalue weighted by atomic mass is 9.98. The maximum Gasteiger partial charge on any atom is 0.302 e. The lowest BCUT2D eigenvalue weighted by Gasteiger charge is -2.43. The molecule has 4 heterocycles. The topological polar surface area (TPSA) is 130 Å². The van der Waals surface area contributed by atoms with Crippen LogP contribution in [0.15, 0.2) is 60.7 Å². The zero-order valence-electron chi connectivity index (χ0n) is 26.8. The van der Waals surface area contributed by atoms with E-state index in [0.29, 0.717) is 0 Å². The third kappa shape index (κ3) is 7.79. The van der Waals surface area contributed by atoms with Gasteiger partial charge in [0.05, 0.1) is 19.8 Å². The first-order chi connectivity index (χ1) is 22.0. The monoisotopic (exact) mass is 644 g/mol. The lowest BCUT2D eigenvalue weighted by molar-refractivity contribution is -0.318. The van der Waals surface area contributed by atoms with Crippen LogP contribution in [0, 0.1) is 0 Å². The van der Waals surface area contributed by atoms with Crippen molar-refractivity contribution in [2.24, 2.45) is 0 Å². The van der Waals surface area contributed by atoms with Gasteiger partial charge in [0.25, 0.3) is 0 Å². The van der Waals surface area contributed by atoms with Gasteiger partial charge in [-0.25, -0.2) is 0 Å². The van der Waals surface area contributed by atoms with Gasteiger partial charge in [-0.2, -0.15) is 0 Å². The Balaban J connectivity index is 1.19. The number of carbonyl (C=O) groups is 1. The number of hydrogen-bond donors (Lipinski definition) is 1. The molecule has 0 spiro atoms. The van der Waals surface area contributed by atoms with Crippen molar-refractivity contribution in [3.8, 4) is 0 Å². The summed E-state index contributed by atoms with van der Waals surface area (Å²) in [7, 11) is 0. The number of benzene rings is 2. The Kier molecular flexibility index (Phi) is 10.1. The van der Waals surface area contributed by atoms with E-state index in [9.17, 15) is 9.90 Å². The van der Waals surface area contributed by atoms with Crippen LogP contribution >= 0.6 is 0 Å². The van der Waals surface area contributed by atoms with Crippen LogP contribution < -0.4 is 0 Å². The summed E-state index contributed by atoms with van der Waals surface area (Å²) in [5, 5.41) is 11.1. The summed E-state index contributed by atoms with van der Waals surface area (Å²) in [6, 6.07) is 19.4. The summed E-state index contributed by atoms with van der Waals surface area (Å²) in [5.74, 6) is -2.32. The smallest absolute Gasteiger partial charge is 0.302 e. The zero-order valence-corrected chi connectivity index (χ0v) is 26.8. The largest absolute Gasteiger partial charge is 0.463 e. The predicted octanol–water partition coefficient (Wildman–Crippen LogP) is 3.22. The fourth-order valence-corrected chi connectivity index (χ4v) is 6.37. The average Bonchev–Trinajstić information content (AvgIpc) is 3.53. The first-order valence-electron chi connectivity index (χ1n) is 15.7. The number of ether oxygens (including phenoxy) is 10. The SMILES string of the molecule is CC(=O)OC[C@H]1O[C@H](OC[C@H]2OC(O)[C@H](OCc3ccccc3)[C@H]3OC(C)(C)O[C@H]32)[C@H](OCc2ccccc2)[C@H]2OC(C)(C)O[C@H]21. The Morgan fingerprint density at radius 2 is 1.15 bits per heavy atom. The van der Waals surface area contributed by atoms with E-state index in [1.165, 1.54) is 6.92 Å². The van der Waals surface area contributed by atoms with Crippen molar-refractivity contribution >= 4 is 5.97 Å². The van der Waals surface area contributed by atoms with Crippen LogP contribution in [-0.2, 0) is 65.4 Å². The Labute approximate surface area is 269 Å². The molecule has 4 fully saturated rings. The number of esters is 1. The molecule has 0 aliphatic carbocycles. The van der Waals surface area contributed by atoms with Gasteiger partial charge in [0.2, 0.25) is 0 Å². The Hall–Kier alpha value is -2.49. The van der Waals surface area contributed by atoms with E-state index in [0.717, 1.165) is 11.1 Å². The highest BCUT2D eigenvalue weighted by Crippen LogP contribution is 2.41. The van der Waals surface area contributed by atoms with E-state index in [-0.39, 0.29) is 26.4 Å². The summed E-state index contributed by atoms with van der Waals surface area (Å²) in [6.45, 7) is 9.00. The van der Waals surface area contributed by atoms with Crippen molar-refractivity contribution in [1.82, 2.24) is 0 Å². The molecule has 12 heteroatoms. The third-order valence-corrected chi connectivity index (χ3v) is 8.33. The molecule has 4 saturated heterocycles. The third-order valence-electron chi connectivity index (χ3n) is 8.33. The first kappa shape index (κ1) is 33.4. The molecule has 46 heavy (non-hydrogen) atoms. The molecule has 252 valence electrons. The molecule has 1 unspecified atom stereocenters. The normalized spacial score (nSPS) is 36.1. The van der Waals surface area contributed by atoms with E-state index in [1.807, 2.05) is 74.5 Å². The molecule has 10 atom stereocenters. The number of hydrogen-bond acceptors (Lipinski definition) is 12. The second-order valence-electron chi connectivity index (χ2n) is 12.9. The maximum atomic E-state index is 11.7. The Morgan fingerprint density at radius 3 is 1.70 bits per heavy atom. The minimum absolute atomic E-state index is 0.0408. The van der Waals surface area contributed by atoms with Gasteiger partial charge in [-0.1, -0.05) is 60.7 Å². The fraction of sp³-hybridized carbons (Fsp3) is 0.618. The van der Waals surface area contributed by atoms with Gasteiger partial charge in [0.15, 0.2) is 24.2 Å². The average molecular weight is 645 g/mol. The molecule has 6 rings (SSSR count).